The maximum Gasteiger partial charge on any atom is 0.242 e. The number of ether oxygens (including phenoxy) is 2. The molecule has 5 nitrogen and oxygen atoms in total. The van der Waals surface area contributed by atoms with Gasteiger partial charge in [0.25, 0.3) is 0 Å². The van der Waals surface area contributed by atoms with Crippen LogP contribution in [0, 0.1) is 0 Å². The zero-order chi connectivity index (χ0) is 12.8. The molecule has 2 aromatic rings. The second-order valence-corrected chi connectivity index (χ2v) is 3.52. The quantitative estimate of drug-likeness (QED) is 0.873. The molecule has 0 aliphatic heterocycles. The topological polar surface area (TPSA) is 70.3 Å². The van der Waals surface area contributed by atoms with Crippen LogP contribution in [0.25, 0.3) is 0 Å². The van der Waals surface area contributed by atoms with Crippen LogP contribution in [-0.4, -0.2) is 16.6 Å². The van der Waals surface area contributed by atoms with Gasteiger partial charge in [-0.2, -0.15) is 0 Å². The van der Waals surface area contributed by atoms with E-state index in [1.165, 1.54) is 0 Å². The van der Waals surface area contributed by atoms with Crippen molar-refractivity contribution in [3.63, 3.8) is 0 Å². The SMILES string of the molecule is CCOc1cccc(Oc2nccnc2CN)c1. The van der Waals surface area contributed by atoms with Crippen LogP contribution >= 0.6 is 0 Å². The van der Waals surface area contributed by atoms with Crippen molar-refractivity contribution in [1.29, 1.82) is 0 Å². The highest BCUT2D eigenvalue weighted by atomic mass is 16.5. The first-order chi connectivity index (χ1) is 8.83. The fraction of sp³-hybridized carbons (Fsp3) is 0.231. The van der Waals surface area contributed by atoms with Crippen LogP contribution in [0.4, 0.5) is 0 Å². The average Bonchev–Trinajstić information content (AvgIpc) is 2.40. The van der Waals surface area contributed by atoms with Gasteiger partial charge in [-0.05, 0) is 19.1 Å². The molecule has 0 amide bonds. The summed E-state index contributed by atoms with van der Waals surface area (Å²) in [6.45, 7) is 2.83. The summed E-state index contributed by atoms with van der Waals surface area (Å²) in [5, 5.41) is 0. The molecule has 0 bridgehead atoms. The van der Waals surface area contributed by atoms with Gasteiger partial charge in [0, 0.05) is 25.0 Å². The molecule has 5 heteroatoms. The fourth-order valence-electron chi connectivity index (χ4n) is 1.49. The summed E-state index contributed by atoms with van der Waals surface area (Å²) in [6.07, 6.45) is 3.16. The predicted molar refractivity (Wildman–Crippen MR) is 67.6 cm³/mol. The monoisotopic (exact) mass is 245 g/mol. The van der Waals surface area contributed by atoms with E-state index in [9.17, 15) is 0 Å². The van der Waals surface area contributed by atoms with E-state index in [4.69, 9.17) is 15.2 Å². The lowest BCUT2D eigenvalue weighted by Gasteiger charge is -2.09. The summed E-state index contributed by atoms with van der Waals surface area (Å²) in [4.78, 5) is 8.22. The Morgan fingerprint density at radius 3 is 2.72 bits per heavy atom. The van der Waals surface area contributed by atoms with Crippen LogP contribution in [0.5, 0.6) is 17.4 Å². The Kier molecular flexibility index (Phi) is 4.09. The first kappa shape index (κ1) is 12.3. The van der Waals surface area contributed by atoms with Crippen LogP contribution in [0.1, 0.15) is 12.6 Å². The number of hydrogen-bond donors (Lipinski definition) is 1. The molecule has 0 saturated heterocycles. The number of hydrogen-bond acceptors (Lipinski definition) is 5. The van der Waals surface area contributed by atoms with Gasteiger partial charge < -0.3 is 15.2 Å². The summed E-state index contributed by atoms with van der Waals surface area (Å²) in [5.41, 5.74) is 6.20. The van der Waals surface area contributed by atoms with Gasteiger partial charge in [-0.3, -0.25) is 4.98 Å². The van der Waals surface area contributed by atoms with Gasteiger partial charge in [0.05, 0.1) is 6.61 Å². The third-order valence-corrected chi connectivity index (χ3v) is 2.26. The minimum atomic E-state index is 0.286. The van der Waals surface area contributed by atoms with Crippen molar-refractivity contribution in [2.75, 3.05) is 6.61 Å². The lowest BCUT2D eigenvalue weighted by Crippen LogP contribution is -2.03. The first-order valence-corrected chi connectivity index (χ1v) is 5.74. The van der Waals surface area contributed by atoms with E-state index in [0.29, 0.717) is 23.9 Å². The van der Waals surface area contributed by atoms with Crippen LogP contribution in [0.3, 0.4) is 0 Å². The molecule has 94 valence electrons. The molecular weight excluding hydrogens is 230 g/mol. The largest absolute Gasteiger partial charge is 0.494 e. The van der Waals surface area contributed by atoms with Crippen molar-refractivity contribution >= 4 is 0 Å². The summed E-state index contributed by atoms with van der Waals surface area (Å²) in [7, 11) is 0. The Morgan fingerprint density at radius 2 is 1.94 bits per heavy atom. The Balaban J connectivity index is 2.20. The molecule has 1 aromatic heterocycles. The van der Waals surface area contributed by atoms with Crippen LogP contribution in [0.2, 0.25) is 0 Å². The highest BCUT2D eigenvalue weighted by Crippen LogP contribution is 2.25. The number of nitrogens with two attached hydrogens (primary N) is 1. The smallest absolute Gasteiger partial charge is 0.242 e. The molecule has 2 rings (SSSR count). The van der Waals surface area contributed by atoms with E-state index in [0.717, 1.165) is 5.75 Å². The summed E-state index contributed by atoms with van der Waals surface area (Å²) >= 11 is 0. The van der Waals surface area contributed by atoms with Crippen molar-refractivity contribution in [1.82, 2.24) is 9.97 Å². The molecule has 18 heavy (non-hydrogen) atoms. The van der Waals surface area contributed by atoms with Crippen molar-refractivity contribution in [2.45, 2.75) is 13.5 Å². The van der Waals surface area contributed by atoms with Gasteiger partial charge in [0.1, 0.15) is 17.2 Å². The fourth-order valence-corrected chi connectivity index (χ4v) is 1.49. The van der Waals surface area contributed by atoms with Crippen LogP contribution < -0.4 is 15.2 Å². The molecule has 0 saturated carbocycles. The predicted octanol–water partition coefficient (Wildman–Crippen LogP) is 2.13. The van der Waals surface area contributed by atoms with E-state index < -0.39 is 0 Å². The van der Waals surface area contributed by atoms with Crippen molar-refractivity contribution in [3.05, 3.63) is 42.4 Å². The molecule has 0 unspecified atom stereocenters. The minimum Gasteiger partial charge on any atom is -0.494 e. The van der Waals surface area contributed by atoms with Crippen molar-refractivity contribution in [2.24, 2.45) is 5.73 Å². The number of aromatic nitrogens is 2. The van der Waals surface area contributed by atoms with Gasteiger partial charge in [-0.25, -0.2) is 4.98 Å². The zero-order valence-corrected chi connectivity index (χ0v) is 10.2. The molecule has 2 N–H and O–H groups in total. The third-order valence-electron chi connectivity index (χ3n) is 2.26. The number of rotatable bonds is 5. The van der Waals surface area contributed by atoms with Gasteiger partial charge in [-0.15, -0.1) is 0 Å². The lowest BCUT2D eigenvalue weighted by molar-refractivity contribution is 0.337. The zero-order valence-electron chi connectivity index (χ0n) is 10.2. The van der Waals surface area contributed by atoms with E-state index in [1.807, 2.05) is 25.1 Å². The Morgan fingerprint density at radius 1 is 1.17 bits per heavy atom. The molecule has 0 radical (unpaired) electrons. The molecule has 1 heterocycles. The lowest BCUT2D eigenvalue weighted by atomic mass is 10.3. The molecule has 0 fully saturated rings. The second-order valence-electron chi connectivity index (χ2n) is 3.52. The highest BCUT2D eigenvalue weighted by Gasteiger charge is 2.06. The van der Waals surface area contributed by atoms with E-state index >= 15 is 0 Å². The summed E-state index contributed by atoms with van der Waals surface area (Å²) in [6, 6.07) is 7.37. The van der Waals surface area contributed by atoms with Crippen molar-refractivity contribution < 1.29 is 9.47 Å². The average molecular weight is 245 g/mol. The minimum absolute atomic E-state index is 0.286. The molecule has 0 atom stereocenters. The van der Waals surface area contributed by atoms with Crippen LogP contribution in [0.15, 0.2) is 36.7 Å². The van der Waals surface area contributed by atoms with Gasteiger partial charge in [0.2, 0.25) is 5.88 Å². The summed E-state index contributed by atoms with van der Waals surface area (Å²) in [5.74, 6) is 1.83. The maximum absolute atomic E-state index is 5.65. The normalized spacial score (nSPS) is 10.1. The van der Waals surface area contributed by atoms with Gasteiger partial charge in [-0.1, -0.05) is 6.07 Å². The molecule has 0 aliphatic rings. The number of nitrogens with zero attached hydrogens (tertiary/aromatic N) is 2. The van der Waals surface area contributed by atoms with E-state index in [1.54, 1.807) is 18.5 Å². The van der Waals surface area contributed by atoms with Gasteiger partial charge >= 0.3 is 0 Å². The molecule has 0 aliphatic carbocycles. The third kappa shape index (κ3) is 2.95. The molecular formula is C13H15N3O2. The molecule has 0 spiro atoms. The Bertz CT molecular complexity index is 517. The maximum atomic E-state index is 5.65. The first-order valence-electron chi connectivity index (χ1n) is 5.74. The van der Waals surface area contributed by atoms with Crippen molar-refractivity contribution in [3.8, 4) is 17.4 Å². The highest BCUT2D eigenvalue weighted by molar-refractivity contribution is 5.35. The summed E-state index contributed by atoms with van der Waals surface area (Å²) < 4.78 is 11.1. The van der Waals surface area contributed by atoms with E-state index in [2.05, 4.69) is 9.97 Å². The second kappa shape index (κ2) is 5.97. The molecule has 1 aromatic carbocycles. The standard InChI is InChI=1S/C13H15N3O2/c1-2-17-10-4-3-5-11(8-10)18-13-12(9-14)15-6-7-16-13/h3-8H,2,9,14H2,1H3. The van der Waals surface area contributed by atoms with Crippen LogP contribution in [-0.2, 0) is 6.54 Å². The van der Waals surface area contributed by atoms with Gasteiger partial charge in [0.15, 0.2) is 0 Å². The number of benzene rings is 1. The van der Waals surface area contributed by atoms with E-state index in [-0.39, 0.29) is 6.54 Å². The Labute approximate surface area is 106 Å². The Hall–Kier alpha value is -2.14.